The molecule has 3 nitrogen and oxygen atoms in total. The molecule has 3 heteroatoms. The van der Waals surface area contributed by atoms with Crippen molar-refractivity contribution >= 4 is 5.97 Å². The van der Waals surface area contributed by atoms with Gasteiger partial charge in [-0.15, -0.1) is 0 Å². The molecule has 0 aliphatic carbocycles. The maximum Gasteiger partial charge on any atom is 0.303 e. The van der Waals surface area contributed by atoms with Gasteiger partial charge >= 0.3 is 5.97 Å². The number of carboxylic acids is 1. The number of unbranched alkanes of at least 4 members (excludes halogenated alkanes) is 12. The Bertz CT molecular complexity index is 259. The molecule has 0 saturated carbocycles. The Balaban J connectivity index is 3.04. The van der Waals surface area contributed by atoms with Crippen LogP contribution in [0.4, 0.5) is 0 Å². The van der Waals surface area contributed by atoms with Gasteiger partial charge < -0.3 is 9.59 Å². The molecule has 1 N–H and O–H groups in total. The van der Waals surface area contributed by atoms with Crippen molar-refractivity contribution in [1.29, 1.82) is 0 Å². The first kappa shape index (κ1) is 21.4. The predicted molar refractivity (Wildman–Crippen MR) is 95.2 cm³/mol. The largest absolute Gasteiger partial charge is 0.481 e. The van der Waals surface area contributed by atoms with Gasteiger partial charge in [-0.2, -0.15) is 0 Å². The van der Waals surface area contributed by atoms with E-state index < -0.39 is 5.97 Å². The number of aliphatic carboxylic acids is 1. The van der Waals surface area contributed by atoms with E-state index in [1.54, 1.807) is 0 Å². The first-order valence-corrected chi connectivity index (χ1v) is 9.44. The van der Waals surface area contributed by atoms with Gasteiger partial charge in [0.05, 0.1) is 27.7 Å². The molecule has 0 radical (unpaired) electrons. The van der Waals surface area contributed by atoms with Gasteiger partial charge in [0.2, 0.25) is 0 Å². The number of carbonyl (C=O) groups is 1. The van der Waals surface area contributed by atoms with Gasteiger partial charge in [-0.3, -0.25) is 4.79 Å². The van der Waals surface area contributed by atoms with E-state index >= 15 is 0 Å². The van der Waals surface area contributed by atoms with Gasteiger partial charge in [0, 0.05) is 6.42 Å². The van der Waals surface area contributed by atoms with E-state index in [1.807, 2.05) is 0 Å². The molecule has 0 amide bonds. The van der Waals surface area contributed by atoms with Crippen LogP contribution in [-0.2, 0) is 4.79 Å². The summed E-state index contributed by atoms with van der Waals surface area (Å²) < 4.78 is 1.09. The van der Waals surface area contributed by atoms with Gasteiger partial charge in [-0.05, 0) is 19.3 Å². The van der Waals surface area contributed by atoms with Crippen LogP contribution in [0.3, 0.4) is 0 Å². The van der Waals surface area contributed by atoms with Crippen molar-refractivity contribution in [2.75, 3.05) is 27.7 Å². The molecule has 0 saturated heterocycles. The zero-order valence-corrected chi connectivity index (χ0v) is 15.4. The molecule has 22 heavy (non-hydrogen) atoms. The second-order valence-electron chi connectivity index (χ2n) is 7.75. The van der Waals surface area contributed by atoms with Gasteiger partial charge in [0.1, 0.15) is 0 Å². The van der Waals surface area contributed by atoms with Gasteiger partial charge in [0.25, 0.3) is 0 Å². The molecule has 0 aromatic carbocycles. The standard InChI is InChI=1S/C19H39NO2/c1-20(2,3)18-16-14-12-10-8-6-4-5-7-9-11-13-15-17-19(21)22/h4-18H2,1-3H3/p+1. The Morgan fingerprint density at radius 2 is 0.955 bits per heavy atom. The molecule has 0 atom stereocenters. The lowest BCUT2D eigenvalue weighted by Crippen LogP contribution is -2.35. The van der Waals surface area contributed by atoms with E-state index in [-0.39, 0.29) is 0 Å². The fourth-order valence-corrected chi connectivity index (χ4v) is 2.81. The SMILES string of the molecule is C[N+](C)(C)CCCCCCCCCCCCCCCC(=O)O. The molecule has 0 aromatic rings. The Hall–Kier alpha value is -0.570. The zero-order valence-electron chi connectivity index (χ0n) is 15.4. The summed E-state index contributed by atoms with van der Waals surface area (Å²) in [5.74, 6) is -0.655. The third-order valence-corrected chi connectivity index (χ3v) is 4.22. The second kappa shape index (κ2) is 14.0. The third-order valence-electron chi connectivity index (χ3n) is 4.22. The van der Waals surface area contributed by atoms with E-state index in [9.17, 15) is 4.79 Å². The normalized spacial score (nSPS) is 11.8. The number of rotatable bonds is 16. The Morgan fingerprint density at radius 1 is 0.636 bits per heavy atom. The van der Waals surface area contributed by atoms with Gasteiger partial charge in [-0.1, -0.05) is 64.2 Å². The Morgan fingerprint density at radius 3 is 1.27 bits per heavy atom. The number of quaternary nitrogens is 1. The van der Waals surface area contributed by atoms with Crippen LogP contribution in [0.15, 0.2) is 0 Å². The molecule has 0 rings (SSSR count). The van der Waals surface area contributed by atoms with Crippen LogP contribution in [0, 0.1) is 0 Å². The van der Waals surface area contributed by atoms with Gasteiger partial charge in [-0.25, -0.2) is 0 Å². The van der Waals surface area contributed by atoms with Crippen molar-refractivity contribution < 1.29 is 14.4 Å². The monoisotopic (exact) mass is 314 g/mol. The highest BCUT2D eigenvalue weighted by Crippen LogP contribution is 2.13. The molecular weight excluding hydrogens is 274 g/mol. The Kier molecular flexibility index (Phi) is 13.7. The molecule has 0 aromatic heterocycles. The first-order chi connectivity index (χ1) is 10.4. The smallest absolute Gasteiger partial charge is 0.303 e. The summed E-state index contributed by atoms with van der Waals surface area (Å²) in [5, 5.41) is 8.54. The number of hydrogen-bond acceptors (Lipinski definition) is 1. The van der Waals surface area contributed by atoms with Crippen molar-refractivity contribution in [2.24, 2.45) is 0 Å². The number of nitrogens with zero attached hydrogens (tertiary/aromatic N) is 1. The van der Waals surface area contributed by atoms with E-state index in [0.29, 0.717) is 6.42 Å². The maximum absolute atomic E-state index is 10.4. The number of carboxylic acid groups (broad SMARTS) is 1. The fraction of sp³-hybridized carbons (Fsp3) is 0.947. The molecule has 0 heterocycles. The average molecular weight is 315 g/mol. The summed E-state index contributed by atoms with van der Waals surface area (Å²) >= 11 is 0. The van der Waals surface area contributed by atoms with Crippen molar-refractivity contribution in [3.05, 3.63) is 0 Å². The lowest BCUT2D eigenvalue weighted by molar-refractivity contribution is -0.870. The minimum Gasteiger partial charge on any atom is -0.481 e. The predicted octanol–water partition coefficient (Wildman–Crippen LogP) is 5.24. The highest BCUT2D eigenvalue weighted by atomic mass is 16.4. The summed E-state index contributed by atoms with van der Waals surface area (Å²) in [6, 6.07) is 0. The first-order valence-electron chi connectivity index (χ1n) is 9.44. The van der Waals surface area contributed by atoms with Crippen LogP contribution in [0.5, 0.6) is 0 Å². The second-order valence-corrected chi connectivity index (χ2v) is 7.75. The van der Waals surface area contributed by atoms with E-state index in [0.717, 1.165) is 17.3 Å². The molecule has 0 aliphatic heterocycles. The summed E-state index contributed by atoms with van der Waals surface area (Å²) in [4.78, 5) is 10.4. The van der Waals surface area contributed by atoms with Crippen LogP contribution < -0.4 is 0 Å². The van der Waals surface area contributed by atoms with Crippen molar-refractivity contribution in [2.45, 2.75) is 89.9 Å². The minimum atomic E-state index is -0.655. The third kappa shape index (κ3) is 19.4. The molecule has 0 spiro atoms. The van der Waals surface area contributed by atoms with Crippen LogP contribution >= 0.6 is 0 Å². The van der Waals surface area contributed by atoms with Crippen LogP contribution in [0.25, 0.3) is 0 Å². The van der Waals surface area contributed by atoms with Crippen molar-refractivity contribution in [1.82, 2.24) is 0 Å². The molecular formula is C19H40NO2+. The molecule has 0 fully saturated rings. The average Bonchev–Trinajstić information content (AvgIpc) is 2.41. The lowest BCUT2D eigenvalue weighted by Gasteiger charge is -2.23. The van der Waals surface area contributed by atoms with Crippen LogP contribution in [0.1, 0.15) is 89.9 Å². The molecule has 0 unspecified atom stereocenters. The Labute approximate surface area is 138 Å². The summed E-state index contributed by atoms with van der Waals surface area (Å²) in [7, 11) is 6.81. The highest BCUT2D eigenvalue weighted by Gasteiger charge is 2.04. The van der Waals surface area contributed by atoms with Crippen LogP contribution in [0.2, 0.25) is 0 Å². The lowest BCUT2D eigenvalue weighted by atomic mass is 10.0. The fourth-order valence-electron chi connectivity index (χ4n) is 2.81. The van der Waals surface area contributed by atoms with E-state index in [1.165, 1.54) is 77.2 Å². The minimum absolute atomic E-state index is 0.342. The maximum atomic E-state index is 10.4. The number of hydrogen-bond donors (Lipinski definition) is 1. The van der Waals surface area contributed by atoms with Crippen LogP contribution in [-0.4, -0.2) is 43.2 Å². The molecule has 0 bridgehead atoms. The summed E-state index contributed by atoms with van der Waals surface area (Å²) in [6.07, 6.45) is 17.2. The molecule has 132 valence electrons. The van der Waals surface area contributed by atoms with Gasteiger partial charge in [0.15, 0.2) is 0 Å². The summed E-state index contributed by atoms with van der Waals surface area (Å²) in [6.45, 7) is 1.30. The summed E-state index contributed by atoms with van der Waals surface area (Å²) in [5.41, 5.74) is 0. The highest BCUT2D eigenvalue weighted by molar-refractivity contribution is 5.66. The van der Waals surface area contributed by atoms with E-state index in [4.69, 9.17) is 5.11 Å². The quantitative estimate of drug-likeness (QED) is 0.312. The van der Waals surface area contributed by atoms with Crippen molar-refractivity contribution in [3.8, 4) is 0 Å². The zero-order chi connectivity index (χ0) is 16.7. The van der Waals surface area contributed by atoms with E-state index in [2.05, 4.69) is 21.1 Å². The topological polar surface area (TPSA) is 37.3 Å². The molecule has 0 aliphatic rings. The van der Waals surface area contributed by atoms with Crippen molar-refractivity contribution in [3.63, 3.8) is 0 Å².